The van der Waals surface area contributed by atoms with E-state index in [0.717, 1.165) is 39.5 Å². The summed E-state index contributed by atoms with van der Waals surface area (Å²) >= 11 is 1.79. The topological polar surface area (TPSA) is 47.1 Å². The summed E-state index contributed by atoms with van der Waals surface area (Å²) in [6, 6.07) is 65.9. The minimum atomic E-state index is -0.0431. The molecule has 3 aromatic heterocycles. The van der Waals surface area contributed by atoms with Crippen LogP contribution < -0.4 is 5.32 Å². The van der Waals surface area contributed by atoms with Gasteiger partial charge in [-0.3, -0.25) is 9.55 Å². The molecule has 0 saturated heterocycles. The second kappa shape index (κ2) is 13.4. The molecule has 0 amide bonds. The summed E-state index contributed by atoms with van der Waals surface area (Å²) in [5.74, 6) is 0.812. The molecule has 1 N–H and O–H groups in total. The number of nitrogens with zero attached hydrogens (tertiary/aromatic N) is 4. The molecule has 286 valence electrons. The van der Waals surface area contributed by atoms with Crippen molar-refractivity contribution in [2.45, 2.75) is 6.04 Å². The fourth-order valence-corrected chi connectivity index (χ4v) is 10.9. The average molecular weight is 798 g/mol. The summed E-state index contributed by atoms with van der Waals surface area (Å²) in [7, 11) is 0. The molecule has 8 aromatic carbocycles. The molecule has 11 aromatic rings. The summed E-state index contributed by atoms with van der Waals surface area (Å²) in [4.78, 5) is 12.2. The smallest absolute Gasteiger partial charge is 0.209 e. The lowest BCUT2D eigenvalue weighted by Crippen LogP contribution is -2.40. The van der Waals surface area contributed by atoms with Gasteiger partial charge in [-0.1, -0.05) is 139 Å². The molecular weight excluding hydrogens is 763 g/mol. The monoisotopic (exact) mass is 797 g/mol. The number of pyridine rings is 1. The molecule has 6 heteroatoms. The van der Waals surface area contributed by atoms with Gasteiger partial charge in [0.15, 0.2) is 0 Å². The van der Waals surface area contributed by atoms with Crippen molar-refractivity contribution in [1.29, 1.82) is 0 Å². The molecule has 0 radical (unpaired) electrons. The fourth-order valence-electron chi connectivity index (χ4n) is 9.67. The van der Waals surface area contributed by atoms with Crippen LogP contribution in [-0.4, -0.2) is 26.1 Å². The van der Waals surface area contributed by atoms with Crippen molar-refractivity contribution in [2.24, 2.45) is 4.99 Å². The van der Waals surface area contributed by atoms with Gasteiger partial charge in [-0.25, -0.2) is 4.99 Å². The van der Waals surface area contributed by atoms with Gasteiger partial charge in [-0.15, -0.1) is 0 Å². The zero-order valence-corrected chi connectivity index (χ0v) is 33.6. The van der Waals surface area contributed by atoms with Gasteiger partial charge in [-0.2, -0.15) is 0 Å². The fraction of sp³-hybridized carbons (Fsp3) is 0.0182. The number of thioether (sulfide) groups is 1. The molecule has 1 unspecified atom stereocenters. The molecule has 5 nitrogen and oxygen atoms in total. The highest BCUT2D eigenvalue weighted by Crippen LogP contribution is 2.48. The Morgan fingerprint density at radius 1 is 0.475 bits per heavy atom. The van der Waals surface area contributed by atoms with Crippen LogP contribution >= 0.6 is 11.8 Å². The van der Waals surface area contributed by atoms with E-state index < -0.39 is 0 Å². The van der Waals surface area contributed by atoms with Crippen LogP contribution in [0.1, 0.15) is 11.1 Å². The lowest BCUT2D eigenvalue weighted by atomic mass is 9.98. The highest BCUT2D eigenvalue weighted by molar-refractivity contribution is 8.12. The van der Waals surface area contributed by atoms with E-state index >= 15 is 0 Å². The molecular formula is C55H35N5S. The van der Waals surface area contributed by atoms with E-state index in [4.69, 9.17) is 4.99 Å². The van der Waals surface area contributed by atoms with Gasteiger partial charge in [0.25, 0.3) is 0 Å². The van der Waals surface area contributed by atoms with Gasteiger partial charge < -0.3 is 9.88 Å². The first-order chi connectivity index (χ1) is 30.2. The Labute approximate surface area is 355 Å². The van der Waals surface area contributed by atoms with Gasteiger partial charge in [-0.05, 0) is 93.5 Å². The molecule has 0 bridgehead atoms. The molecule has 2 aliphatic rings. The SMILES string of the molecule is C1=C(c2ccncc2)SC2=C(c3ccccc3)N=C(n3c4ccc(-c5ccc6c(c5)c5c7ccccc7ccc5n6-c5ccccc5)cc4c4ccc5ccccc5c43)NC12. The Bertz CT molecular complexity index is 3690. The van der Waals surface area contributed by atoms with Crippen LogP contribution in [0.4, 0.5) is 0 Å². The first kappa shape index (κ1) is 34.2. The van der Waals surface area contributed by atoms with Crippen LogP contribution in [0.5, 0.6) is 0 Å². The van der Waals surface area contributed by atoms with E-state index in [9.17, 15) is 0 Å². The molecule has 61 heavy (non-hydrogen) atoms. The van der Waals surface area contributed by atoms with E-state index in [1.807, 2.05) is 12.4 Å². The standard InChI is InChI=1S/C55H35N5S/c1-3-13-37(14-4-1)52-54-46(33-50(61-54)36-27-29-56-30-28-36)57-55(58-52)60-47-24-21-38(31-44(47)43-23-19-35-12-8-10-18-42(35)53(43)60)39-22-25-48-45(32-39)51-41-17-9-7-11-34(41)20-26-49(51)59(48)40-15-5-2-6-16-40/h1-33,46H,(H,57,58). The van der Waals surface area contributed by atoms with Crippen molar-refractivity contribution in [3.05, 3.63) is 216 Å². The number of benzene rings is 8. The maximum absolute atomic E-state index is 5.55. The average Bonchev–Trinajstić information content (AvgIpc) is 4.02. The minimum Gasteiger partial charge on any atom is -0.344 e. The van der Waals surface area contributed by atoms with Crippen molar-refractivity contribution < 1.29 is 0 Å². The number of hydrogen-bond donors (Lipinski definition) is 1. The zero-order valence-electron chi connectivity index (χ0n) is 32.8. The summed E-state index contributed by atoms with van der Waals surface area (Å²) in [5, 5.41) is 13.7. The summed E-state index contributed by atoms with van der Waals surface area (Å²) in [6.45, 7) is 0. The van der Waals surface area contributed by atoms with Crippen molar-refractivity contribution in [2.75, 3.05) is 0 Å². The van der Waals surface area contributed by atoms with Gasteiger partial charge in [0, 0.05) is 60.4 Å². The number of rotatable bonds is 4. The lowest BCUT2D eigenvalue weighted by Gasteiger charge is -2.25. The molecule has 0 fully saturated rings. The molecule has 5 heterocycles. The van der Waals surface area contributed by atoms with Crippen molar-refractivity contribution in [1.82, 2.24) is 19.4 Å². The molecule has 13 rings (SSSR count). The summed E-state index contributed by atoms with van der Waals surface area (Å²) in [5.41, 5.74) is 11.4. The van der Waals surface area contributed by atoms with Crippen LogP contribution in [0.25, 0.3) is 92.6 Å². The Morgan fingerprint density at radius 3 is 1.90 bits per heavy atom. The van der Waals surface area contributed by atoms with Crippen LogP contribution in [0.3, 0.4) is 0 Å². The van der Waals surface area contributed by atoms with Crippen LogP contribution in [0, 0.1) is 0 Å². The largest absolute Gasteiger partial charge is 0.344 e. The molecule has 1 atom stereocenters. The molecule has 0 aliphatic carbocycles. The Hall–Kier alpha value is -7.67. The number of aliphatic imine (C=N–C) groups is 1. The van der Waals surface area contributed by atoms with Gasteiger partial charge in [0.05, 0.1) is 33.8 Å². The van der Waals surface area contributed by atoms with Crippen LogP contribution in [-0.2, 0) is 0 Å². The number of para-hydroxylation sites is 1. The Morgan fingerprint density at radius 2 is 1.11 bits per heavy atom. The van der Waals surface area contributed by atoms with E-state index in [1.165, 1.54) is 75.1 Å². The van der Waals surface area contributed by atoms with Gasteiger partial charge in [0.2, 0.25) is 5.96 Å². The minimum absolute atomic E-state index is 0.0431. The number of fused-ring (bicyclic) bond motifs is 11. The normalized spacial score (nSPS) is 15.2. The predicted octanol–water partition coefficient (Wildman–Crippen LogP) is 13.6. The van der Waals surface area contributed by atoms with Crippen molar-refractivity contribution in [3.63, 3.8) is 0 Å². The van der Waals surface area contributed by atoms with Crippen LogP contribution in [0.15, 0.2) is 210 Å². The molecule has 2 aliphatic heterocycles. The number of aromatic nitrogens is 3. The highest BCUT2D eigenvalue weighted by Gasteiger charge is 2.33. The summed E-state index contributed by atoms with van der Waals surface area (Å²) in [6.07, 6.45) is 6.06. The van der Waals surface area contributed by atoms with E-state index in [2.05, 4.69) is 208 Å². The zero-order chi connectivity index (χ0) is 40.0. The van der Waals surface area contributed by atoms with E-state index in [1.54, 1.807) is 11.8 Å². The third kappa shape index (κ3) is 5.29. The second-order valence-corrected chi connectivity index (χ2v) is 16.9. The Kier molecular flexibility index (Phi) is 7.53. The lowest BCUT2D eigenvalue weighted by molar-refractivity contribution is 0.835. The van der Waals surface area contributed by atoms with Crippen molar-refractivity contribution >= 4 is 93.5 Å². The third-order valence-corrected chi connectivity index (χ3v) is 13.7. The third-order valence-electron chi connectivity index (χ3n) is 12.4. The van der Waals surface area contributed by atoms with E-state index in [-0.39, 0.29) is 6.04 Å². The second-order valence-electron chi connectivity index (χ2n) is 15.8. The number of hydrogen-bond acceptors (Lipinski definition) is 4. The van der Waals surface area contributed by atoms with Gasteiger partial charge >= 0.3 is 0 Å². The summed E-state index contributed by atoms with van der Waals surface area (Å²) < 4.78 is 4.77. The molecule has 0 saturated carbocycles. The van der Waals surface area contributed by atoms with Crippen molar-refractivity contribution in [3.8, 4) is 16.8 Å². The van der Waals surface area contributed by atoms with E-state index in [0.29, 0.717) is 0 Å². The molecule has 0 spiro atoms. The Balaban J connectivity index is 1.03. The predicted molar refractivity (Wildman–Crippen MR) is 257 cm³/mol. The quantitative estimate of drug-likeness (QED) is 0.193. The van der Waals surface area contributed by atoms with Gasteiger partial charge in [0.1, 0.15) is 0 Å². The maximum atomic E-state index is 5.55. The van der Waals surface area contributed by atoms with Crippen LogP contribution in [0.2, 0.25) is 0 Å². The first-order valence-corrected chi connectivity index (χ1v) is 21.5. The first-order valence-electron chi connectivity index (χ1n) is 20.7. The highest BCUT2D eigenvalue weighted by atomic mass is 32.2. The number of nitrogens with one attached hydrogen (secondary N) is 1. The maximum Gasteiger partial charge on any atom is 0.209 e.